The van der Waals surface area contributed by atoms with Gasteiger partial charge in [-0.1, -0.05) is 13.3 Å². The summed E-state index contributed by atoms with van der Waals surface area (Å²) in [7, 11) is 0. The summed E-state index contributed by atoms with van der Waals surface area (Å²) in [5.74, 6) is -0.306. The maximum absolute atomic E-state index is 12.1. The van der Waals surface area contributed by atoms with Gasteiger partial charge in [0.2, 0.25) is 11.8 Å². The van der Waals surface area contributed by atoms with Gasteiger partial charge in [-0.2, -0.15) is 5.10 Å². The van der Waals surface area contributed by atoms with Gasteiger partial charge in [-0.05, 0) is 26.2 Å². The van der Waals surface area contributed by atoms with Crippen LogP contribution in [0.4, 0.5) is 5.69 Å². The van der Waals surface area contributed by atoms with Crippen LogP contribution in [0, 0.1) is 0 Å². The van der Waals surface area contributed by atoms with E-state index in [9.17, 15) is 9.59 Å². The predicted octanol–water partition coefficient (Wildman–Crippen LogP) is 0.618. The van der Waals surface area contributed by atoms with E-state index in [1.165, 1.54) is 10.9 Å². The number of hydrogen-bond donors (Lipinski definition) is 3. The van der Waals surface area contributed by atoms with Crippen LogP contribution in [0.5, 0.6) is 0 Å². The molecule has 1 aromatic rings. The normalized spacial score (nSPS) is 17.1. The molecule has 1 aliphatic rings. The number of amides is 2. The van der Waals surface area contributed by atoms with Crippen molar-refractivity contribution in [3.05, 3.63) is 12.4 Å². The largest absolute Gasteiger partial charge is 0.352 e. The molecule has 1 unspecified atom stereocenters. The molecule has 0 bridgehead atoms. The van der Waals surface area contributed by atoms with Crippen molar-refractivity contribution < 1.29 is 9.59 Å². The minimum Gasteiger partial charge on any atom is -0.352 e. The fourth-order valence-corrected chi connectivity index (χ4v) is 2.07. The second-order valence-electron chi connectivity index (χ2n) is 5.89. The van der Waals surface area contributed by atoms with E-state index in [0.717, 1.165) is 19.3 Å². The number of aromatic nitrogens is 2. The molecule has 116 valence electrons. The number of carbonyl (C=O) groups excluding carboxylic acids is 2. The highest BCUT2D eigenvalue weighted by molar-refractivity contribution is 5.97. The number of anilines is 1. The molecule has 0 spiro atoms. The van der Waals surface area contributed by atoms with Crippen molar-refractivity contribution in [1.82, 2.24) is 15.1 Å². The Bertz CT molecular complexity index is 519. The summed E-state index contributed by atoms with van der Waals surface area (Å²) >= 11 is 0. The van der Waals surface area contributed by atoms with E-state index in [-0.39, 0.29) is 18.4 Å². The average Bonchev–Trinajstić information content (AvgIpc) is 3.09. The molecule has 1 atom stereocenters. The lowest BCUT2D eigenvalue weighted by molar-refractivity contribution is -0.122. The number of nitrogens with zero attached hydrogens (tertiary/aromatic N) is 2. The molecule has 1 aliphatic carbocycles. The van der Waals surface area contributed by atoms with Crippen molar-refractivity contribution in [2.24, 2.45) is 5.73 Å². The van der Waals surface area contributed by atoms with Crippen molar-refractivity contribution in [2.75, 3.05) is 5.32 Å². The Kier molecular flexibility index (Phi) is 4.62. The van der Waals surface area contributed by atoms with Crippen molar-refractivity contribution in [2.45, 2.75) is 57.7 Å². The van der Waals surface area contributed by atoms with Crippen LogP contribution in [0.1, 0.15) is 39.5 Å². The smallest absolute Gasteiger partial charge is 0.244 e. The summed E-state index contributed by atoms with van der Waals surface area (Å²) in [5, 5.41) is 9.69. The lowest BCUT2D eigenvalue weighted by atomic mass is 9.96. The van der Waals surface area contributed by atoms with Gasteiger partial charge >= 0.3 is 0 Å². The SMILES string of the molecule is CCCC(C)(N)C(=O)Nc1cnn(CC(=O)NC2CC2)c1. The standard InChI is InChI=1S/C14H23N5O2/c1-3-6-14(2,15)13(21)18-11-7-16-19(8-11)9-12(20)17-10-4-5-10/h7-8,10H,3-6,9,15H2,1-2H3,(H,17,20)(H,18,21). The van der Waals surface area contributed by atoms with Gasteiger partial charge in [0.15, 0.2) is 0 Å². The van der Waals surface area contributed by atoms with E-state index in [2.05, 4.69) is 15.7 Å². The third-order valence-electron chi connectivity index (χ3n) is 3.43. The minimum atomic E-state index is -0.903. The summed E-state index contributed by atoms with van der Waals surface area (Å²) in [4.78, 5) is 23.7. The third-order valence-corrected chi connectivity index (χ3v) is 3.43. The maximum Gasteiger partial charge on any atom is 0.244 e. The Labute approximate surface area is 124 Å². The van der Waals surface area contributed by atoms with Crippen LogP contribution in [0.2, 0.25) is 0 Å². The molecule has 1 fully saturated rings. The topological polar surface area (TPSA) is 102 Å². The first-order chi connectivity index (χ1) is 9.90. The van der Waals surface area contributed by atoms with Crippen LogP contribution >= 0.6 is 0 Å². The van der Waals surface area contributed by atoms with Gasteiger partial charge in [0, 0.05) is 12.2 Å². The molecule has 2 rings (SSSR count). The lowest BCUT2D eigenvalue weighted by Crippen LogP contribution is -2.48. The van der Waals surface area contributed by atoms with Gasteiger partial charge in [0.1, 0.15) is 6.54 Å². The highest BCUT2D eigenvalue weighted by Crippen LogP contribution is 2.18. The summed E-state index contributed by atoms with van der Waals surface area (Å²) in [6.45, 7) is 3.84. The number of rotatable bonds is 7. The zero-order valence-corrected chi connectivity index (χ0v) is 12.6. The van der Waals surface area contributed by atoms with E-state index in [4.69, 9.17) is 5.73 Å². The van der Waals surface area contributed by atoms with Crippen LogP contribution in [0.3, 0.4) is 0 Å². The number of nitrogens with one attached hydrogen (secondary N) is 2. The zero-order valence-electron chi connectivity index (χ0n) is 12.6. The van der Waals surface area contributed by atoms with E-state index >= 15 is 0 Å². The molecule has 0 radical (unpaired) electrons. The second kappa shape index (κ2) is 6.26. The maximum atomic E-state index is 12.1. The van der Waals surface area contributed by atoms with Crippen LogP contribution in [0.15, 0.2) is 12.4 Å². The molecule has 4 N–H and O–H groups in total. The minimum absolute atomic E-state index is 0.0619. The van der Waals surface area contributed by atoms with Gasteiger partial charge in [0.25, 0.3) is 0 Å². The first kappa shape index (κ1) is 15.5. The Morgan fingerprint density at radius 3 is 2.86 bits per heavy atom. The van der Waals surface area contributed by atoms with Gasteiger partial charge in [-0.3, -0.25) is 14.3 Å². The fraction of sp³-hybridized carbons (Fsp3) is 0.643. The quantitative estimate of drug-likeness (QED) is 0.685. The molecule has 0 aromatic carbocycles. The summed E-state index contributed by atoms with van der Waals surface area (Å²) in [6, 6.07) is 0.333. The van der Waals surface area contributed by atoms with E-state index in [1.54, 1.807) is 13.1 Å². The van der Waals surface area contributed by atoms with Gasteiger partial charge < -0.3 is 16.4 Å². The monoisotopic (exact) mass is 293 g/mol. The summed E-state index contributed by atoms with van der Waals surface area (Å²) in [6.07, 6.45) is 6.70. The molecular formula is C14H23N5O2. The molecule has 2 amide bonds. The Hall–Kier alpha value is -1.89. The summed E-state index contributed by atoms with van der Waals surface area (Å²) < 4.78 is 1.50. The van der Waals surface area contributed by atoms with Crippen LogP contribution in [0.25, 0.3) is 0 Å². The molecule has 1 aromatic heterocycles. The first-order valence-electron chi connectivity index (χ1n) is 7.33. The molecule has 0 aliphatic heterocycles. The Morgan fingerprint density at radius 1 is 1.52 bits per heavy atom. The number of hydrogen-bond acceptors (Lipinski definition) is 4. The van der Waals surface area contributed by atoms with Crippen molar-refractivity contribution in [1.29, 1.82) is 0 Å². The predicted molar refractivity (Wildman–Crippen MR) is 79.5 cm³/mol. The van der Waals surface area contributed by atoms with E-state index in [0.29, 0.717) is 18.2 Å². The van der Waals surface area contributed by atoms with Crippen molar-refractivity contribution >= 4 is 17.5 Å². The highest BCUT2D eigenvalue weighted by Gasteiger charge is 2.27. The fourth-order valence-electron chi connectivity index (χ4n) is 2.07. The van der Waals surface area contributed by atoms with Crippen molar-refractivity contribution in [3.63, 3.8) is 0 Å². The molecule has 1 heterocycles. The Balaban J connectivity index is 1.87. The zero-order chi connectivity index (χ0) is 15.5. The highest BCUT2D eigenvalue weighted by atomic mass is 16.2. The van der Waals surface area contributed by atoms with Crippen LogP contribution < -0.4 is 16.4 Å². The van der Waals surface area contributed by atoms with Gasteiger partial charge in [0.05, 0.1) is 17.4 Å². The molecular weight excluding hydrogens is 270 g/mol. The van der Waals surface area contributed by atoms with Crippen LogP contribution in [-0.4, -0.2) is 33.2 Å². The second-order valence-corrected chi connectivity index (χ2v) is 5.89. The average molecular weight is 293 g/mol. The number of carbonyl (C=O) groups is 2. The molecule has 0 saturated heterocycles. The van der Waals surface area contributed by atoms with Crippen molar-refractivity contribution in [3.8, 4) is 0 Å². The molecule has 1 saturated carbocycles. The first-order valence-corrected chi connectivity index (χ1v) is 7.33. The lowest BCUT2D eigenvalue weighted by Gasteiger charge is -2.22. The van der Waals surface area contributed by atoms with Crippen LogP contribution in [-0.2, 0) is 16.1 Å². The van der Waals surface area contributed by atoms with Gasteiger partial charge in [-0.25, -0.2) is 0 Å². The Morgan fingerprint density at radius 2 is 2.24 bits per heavy atom. The summed E-state index contributed by atoms with van der Waals surface area (Å²) in [5.41, 5.74) is 5.61. The third kappa shape index (κ3) is 4.56. The van der Waals surface area contributed by atoms with E-state index in [1.807, 2.05) is 6.92 Å². The molecule has 7 heteroatoms. The van der Waals surface area contributed by atoms with Gasteiger partial charge in [-0.15, -0.1) is 0 Å². The molecule has 7 nitrogen and oxygen atoms in total. The molecule has 21 heavy (non-hydrogen) atoms. The number of nitrogens with two attached hydrogens (primary N) is 1. The van der Waals surface area contributed by atoms with E-state index < -0.39 is 5.54 Å².